The van der Waals surface area contributed by atoms with Crippen molar-refractivity contribution < 1.29 is 0 Å². The maximum absolute atomic E-state index is 2.28. The smallest absolute Gasteiger partial charge is 0.0227 e. The van der Waals surface area contributed by atoms with E-state index in [2.05, 4.69) is 70.2 Å². The highest BCUT2D eigenvalue weighted by Gasteiger charge is 1.97. The van der Waals surface area contributed by atoms with Crippen LogP contribution in [0.2, 0.25) is 0 Å². The summed E-state index contributed by atoms with van der Waals surface area (Å²) in [5.74, 6) is 0.775. The van der Waals surface area contributed by atoms with Crippen LogP contribution in [0.15, 0.2) is 42.0 Å². The number of hydrogen-bond donors (Lipinski definition) is 0. The minimum atomic E-state index is 0.775. The average molecular weight is 228 g/mol. The Bertz CT molecular complexity index is 394. The lowest BCUT2D eigenvalue weighted by Crippen LogP contribution is -1.88. The van der Waals surface area contributed by atoms with Gasteiger partial charge in [-0.15, -0.1) is 0 Å². The van der Waals surface area contributed by atoms with Crippen molar-refractivity contribution in [2.75, 3.05) is 0 Å². The molecule has 0 fully saturated rings. The molecule has 0 nitrogen and oxygen atoms in total. The molecule has 0 aliphatic carbocycles. The Morgan fingerprint density at radius 3 is 2.53 bits per heavy atom. The Morgan fingerprint density at radius 1 is 1.24 bits per heavy atom. The number of hydrogen-bond acceptors (Lipinski definition) is 0. The summed E-state index contributed by atoms with van der Waals surface area (Å²) in [6.07, 6.45) is 9.14. The normalized spacial score (nSPS) is 12.6. The zero-order chi connectivity index (χ0) is 12.7. The van der Waals surface area contributed by atoms with Crippen molar-refractivity contribution in [3.8, 4) is 0 Å². The molecule has 17 heavy (non-hydrogen) atoms. The highest BCUT2D eigenvalue weighted by molar-refractivity contribution is 5.56. The molecule has 1 rings (SSSR count). The third-order valence-electron chi connectivity index (χ3n) is 3.05. The quantitative estimate of drug-likeness (QED) is 0.593. The van der Waals surface area contributed by atoms with Crippen molar-refractivity contribution in [2.24, 2.45) is 5.92 Å². The van der Waals surface area contributed by atoms with Gasteiger partial charge in [-0.3, -0.25) is 0 Å². The van der Waals surface area contributed by atoms with E-state index in [1.807, 2.05) is 0 Å². The van der Waals surface area contributed by atoms with Crippen LogP contribution >= 0.6 is 0 Å². The number of allylic oxidation sites excluding steroid dienone is 3. The Balaban J connectivity index is 2.66. The molecule has 1 aromatic rings. The molecule has 0 heterocycles. The van der Waals surface area contributed by atoms with Crippen molar-refractivity contribution in [2.45, 2.75) is 40.5 Å². The van der Waals surface area contributed by atoms with E-state index in [4.69, 9.17) is 0 Å². The van der Waals surface area contributed by atoms with Gasteiger partial charge in [0.25, 0.3) is 0 Å². The predicted octanol–water partition coefficient (Wildman–Crippen LogP) is 5.39. The van der Waals surface area contributed by atoms with Crippen LogP contribution in [0.5, 0.6) is 0 Å². The number of benzene rings is 1. The molecule has 0 saturated heterocycles. The average Bonchev–Trinajstić information content (AvgIpc) is 2.31. The molecule has 0 atom stereocenters. The maximum Gasteiger partial charge on any atom is -0.0227 e. The second-order valence-corrected chi connectivity index (χ2v) is 4.99. The Labute approximate surface area is 106 Å². The molecule has 0 unspecified atom stereocenters. The monoisotopic (exact) mass is 228 g/mol. The van der Waals surface area contributed by atoms with E-state index >= 15 is 0 Å². The highest BCUT2D eigenvalue weighted by Crippen LogP contribution is 2.15. The molecular weight excluding hydrogens is 204 g/mol. The number of aryl methyl sites for hydroxylation is 1. The van der Waals surface area contributed by atoms with E-state index < -0.39 is 0 Å². The van der Waals surface area contributed by atoms with E-state index in [-0.39, 0.29) is 0 Å². The summed E-state index contributed by atoms with van der Waals surface area (Å²) in [7, 11) is 0. The van der Waals surface area contributed by atoms with E-state index in [0.29, 0.717) is 0 Å². The molecule has 92 valence electrons. The maximum atomic E-state index is 2.28. The van der Waals surface area contributed by atoms with Gasteiger partial charge >= 0.3 is 0 Å². The standard InChI is InChI=1S/C17H24/c1-5-16(11-10-14(2)3)12-13-17-9-7-6-8-15(17)4/h5-9,12-14H,10-11H2,1-4H3/b13-12+,16-5-. The van der Waals surface area contributed by atoms with Gasteiger partial charge < -0.3 is 0 Å². The predicted molar refractivity (Wildman–Crippen MR) is 78.0 cm³/mol. The third kappa shape index (κ3) is 5.04. The van der Waals surface area contributed by atoms with Crippen LogP contribution < -0.4 is 0 Å². The van der Waals surface area contributed by atoms with E-state index in [9.17, 15) is 0 Å². The lowest BCUT2D eigenvalue weighted by atomic mass is 10.0. The van der Waals surface area contributed by atoms with Crippen LogP contribution in [0.25, 0.3) is 6.08 Å². The molecule has 1 aromatic carbocycles. The molecule has 0 bridgehead atoms. The first-order chi connectivity index (χ1) is 8.13. The van der Waals surface area contributed by atoms with Crippen LogP contribution in [0, 0.1) is 12.8 Å². The molecule has 0 spiro atoms. The third-order valence-corrected chi connectivity index (χ3v) is 3.05. The minimum Gasteiger partial charge on any atom is -0.0844 e. The van der Waals surface area contributed by atoms with Crippen LogP contribution in [0.3, 0.4) is 0 Å². The topological polar surface area (TPSA) is 0 Å². The summed E-state index contributed by atoms with van der Waals surface area (Å²) in [5.41, 5.74) is 4.08. The summed E-state index contributed by atoms with van der Waals surface area (Å²) in [5, 5.41) is 0. The summed E-state index contributed by atoms with van der Waals surface area (Å²) < 4.78 is 0. The van der Waals surface area contributed by atoms with Crippen molar-refractivity contribution in [3.05, 3.63) is 53.1 Å². The van der Waals surface area contributed by atoms with Gasteiger partial charge in [0, 0.05) is 0 Å². The molecule has 0 amide bonds. The molecule has 0 aromatic heterocycles. The molecule has 0 aliphatic rings. The van der Waals surface area contributed by atoms with Gasteiger partial charge in [-0.1, -0.05) is 61.9 Å². The summed E-state index contributed by atoms with van der Waals surface area (Å²) >= 11 is 0. The zero-order valence-corrected chi connectivity index (χ0v) is 11.5. The summed E-state index contributed by atoms with van der Waals surface area (Å²) in [6.45, 7) is 8.83. The molecule has 0 aliphatic heterocycles. The van der Waals surface area contributed by atoms with Crippen molar-refractivity contribution in [3.63, 3.8) is 0 Å². The first-order valence-corrected chi connectivity index (χ1v) is 6.52. The molecule has 0 radical (unpaired) electrons. The fraction of sp³-hybridized carbons (Fsp3) is 0.412. The molecular formula is C17H24. The van der Waals surface area contributed by atoms with Gasteiger partial charge in [0.2, 0.25) is 0 Å². The van der Waals surface area contributed by atoms with E-state index in [1.165, 1.54) is 29.5 Å². The van der Waals surface area contributed by atoms with Crippen LogP contribution in [0.1, 0.15) is 44.7 Å². The van der Waals surface area contributed by atoms with Gasteiger partial charge in [-0.2, -0.15) is 0 Å². The van der Waals surface area contributed by atoms with Gasteiger partial charge in [0.1, 0.15) is 0 Å². The minimum absolute atomic E-state index is 0.775. The number of rotatable bonds is 5. The van der Waals surface area contributed by atoms with Crippen LogP contribution in [0.4, 0.5) is 0 Å². The van der Waals surface area contributed by atoms with Crippen molar-refractivity contribution in [1.82, 2.24) is 0 Å². The highest BCUT2D eigenvalue weighted by atomic mass is 14.0. The van der Waals surface area contributed by atoms with Gasteiger partial charge in [-0.25, -0.2) is 0 Å². The SMILES string of the molecule is C/C=C(\C=C\c1ccccc1C)CCC(C)C. The zero-order valence-electron chi connectivity index (χ0n) is 11.5. The molecule has 0 heteroatoms. The van der Waals surface area contributed by atoms with Gasteiger partial charge in [0.15, 0.2) is 0 Å². The Morgan fingerprint density at radius 2 is 1.94 bits per heavy atom. The molecule has 0 N–H and O–H groups in total. The fourth-order valence-electron chi connectivity index (χ4n) is 1.75. The first kappa shape index (κ1) is 13.8. The van der Waals surface area contributed by atoms with E-state index in [0.717, 1.165) is 5.92 Å². The first-order valence-electron chi connectivity index (χ1n) is 6.52. The second-order valence-electron chi connectivity index (χ2n) is 4.99. The fourth-order valence-corrected chi connectivity index (χ4v) is 1.75. The van der Waals surface area contributed by atoms with Crippen molar-refractivity contribution >= 4 is 6.08 Å². The van der Waals surface area contributed by atoms with E-state index in [1.54, 1.807) is 0 Å². The Hall–Kier alpha value is -1.30. The summed E-state index contributed by atoms with van der Waals surface area (Å²) in [6, 6.07) is 8.50. The summed E-state index contributed by atoms with van der Waals surface area (Å²) in [4.78, 5) is 0. The van der Waals surface area contributed by atoms with Crippen LogP contribution in [-0.2, 0) is 0 Å². The lowest BCUT2D eigenvalue weighted by molar-refractivity contribution is 0.588. The largest absolute Gasteiger partial charge is 0.0844 e. The molecule has 0 saturated carbocycles. The lowest BCUT2D eigenvalue weighted by Gasteiger charge is -2.05. The van der Waals surface area contributed by atoms with Gasteiger partial charge in [-0.05, 0) is 43.7 Å². The van der Waals surface area contributed by atoms with Gasteiger partial charge in [0.05, 0.1) is 0 Å². The Kier molecular flexibility index (Phi) is 5.76. The second kappa shape index (κ2) is 7.11. The van der Waals surface area contributed by atoms with Crippen molar-refractivity contribution in [1.29, 1.82) is 0 Å². The van der Waals surface area contributed by atoms with Crippen LogP contribution in [-0.4, -0.2) is 0 Å².